The molecule has 0 saturated carbocycles. The molecule has 1 atom stereocenters. The molecular formula is C19H14F3NO4. The Bertz CT molecular complexity index is 891. The van der Waals surface area contributed by atoms with Gasteiger partial charge in [0.2, 0.25) is 5.91 Å². The van der Waals surface area contributed by atoms with Crippen molar-refractivity contribution in [1.82, 2.24) is 5.32 Å². The van der Waals surface area contributed by atoms with Crippen molar-refractivity contribution in [2.75, 3.05) is 6.61 Å². The van der Waals surface area contributed by atoms with E-state index in [9.17, 15) is 22.8 Å². The topological polar surface area (TPSA) is 64.6 Å². The van der Waals surface area contributed by atoms with E-state index < -0.39 is 23.7 Å². The monoisotopic (exact) mass is 377 g/mol. The fourth-order valence-corrected chi connectivity index (χ4v) is 2.55. The van der Waals surface area contributed by atoms with Crippen molar-refractivity contribution in [2.24, 2.45) is 0 Å². The molecule has 0 fully saturated rings. The molecule has 0 aliphatic carbocycles. The van der Waals surface area contributed by atoms with Crippen LogP contribution < -0.4 is 14.8 Å². The summed E-state index contributed by atoms with van der Waals surface area (Å²) in [7, 11) is 0. The molecule has 1 unspecified atom stereocenters. The van der Waals surface area contributed by atoms with Crippen molar-refractivity contribution in [1.29, 1.82) is 0 Å². The highest BCUT2D eigenvalue weighted by atomic mass is 19.4. The normalized spacial score (nSPS) is 16.1. The van der Waals surface area contributed by atoms with Gasteiger partial charge in [-0.05, 0) is 42.5 Å². The number of halogens is 3. The zero-order chi connectivity index (χ0) is 19.6. The quantitative estimate of drug-likeness (QED) is 0.825. The highest BCUT2D eigenvalue weighted by Crippen LogP contribution is 2.38. The van der Waals surface area contributed by atoms with Gasteiger partial charge in [0, 0.05) is 0 Å². The van der Waals surface area contributed by atoms with E-state index in [-0.39, 0.29) is 35.2 Å². The first-order valence-electron chi connectivity index (χ1n) is 7.87. The Hall–Kier alpha value is -3.29. The van der Waals surface area contributed by atoms with Gasteiger partial charge in [0.15, 0.2) is 17.3 Å². The summed E-state index contributed by atoms with van der Waals surface area (Å²) in [6, 6.07) is 7.91. The summed E-state index contributed by atoms with van der Waals surface area (Å²) in [6.07, 6.45) is -3.39. The fraction of sp³-hybridized carbons (Fsp3) is 0.158. The Labute approximate surface area is 152 Å². The van der Waals surface area contributed by atoms with Gasteiger partial charge in [-0.3, -0.25) is 9.59 Å². The molecule has 0 aromatic heterocycles. The van der Waals surface area contributed by atoms with E-state index in [0.717, 1.165) is 18.2 Å². The van der Waals surface area contributed by atoms with Crippen LogP contribution in [0, 0.1) is 0 Å². The van der Waals surface area contributed by atoms with Gasteiger partial charge < -0.3 is 14.8 Å². The SMILES string of the molecule is C=CC(=O)NC1COc2c(Oc3ccc(C(F)(F)F)cc3)cccc2C1=O. The summed E-state index contributed by atoms with van der Waals surface area (Å²) in [5.41, 5.74) is -0.586. The first kappa shape index (κ1) is 18.5. The van der Waals surface area contributed by atoms with Crippen LogP contribution in [0.3, 0.4) is 0 Å². The smallest absolute Gasteiger partial charge is 0.416 e. The summed E-state index contributed by atoms with van der Waals surface area (Å²) in [6.45, 7) is 3.22. The lowest BCUT2D eigenvalue weighted by molar-refractivity contribution is -0.137. The highest BCUT2D eigenvalue weighted by Gasteiger charge is 2.32. The van der Waals surface area contributed by atoms with Gasteiger partial charge in [-0.15, -0.1) is 0 Å². The minimum atomic E-state index is -4.44. The van der Waals surface area contributed by atoms with Crippen molar-refractivity contribution in [3.63, 3.8) is 0 Å². The van der Waals surface area contributed by atoms with Crippen molar-refractivity contribution in [3.05, 3.63) is 66.2 Å². The molecule has 0 saturated heterocycles. The number of amides is 1. The predicted molar refractivity (Wildman–Crippen MR) is 89.9 cm³/mol. The maximum atomic E-state index is 12.6. The minimum absolute atomic E-state index is 0.0984. The Kier molecular flexibility index (Phi) is 4.89. The lowest BCUT2D eigenvalue weighted by atomic mass is 10.0. The van der Waals surface area contributed by atoms with Crippen molar-refractivity contribution >= 4 is 11.7 Å². The molecule has 1 heterocycles. The van der Waals surface area contributed by atoms with Gasteiger partial charge >= 0.3 is 6.18 Å². The molecule has 0 radical (unpaired) electrons. The van der Waals surface area contributed by atoms with E-state index >= 15 is 0 Å². The third kappa shape index (κ3) is 3.94. The molecule has 0 spiro atoms. The second-order valence-corrected chi connectivity index (χ2v) is 5.70. The Morgan fingerprint density at radius 2 is 1.93 bits per heavy atom. The van der Waals surface area contributed by atoms with Crippen molar-refractivity contribution in [2.45, 2.75) is 12.2 Å². The van der Waals surface area contributed by atoms with Crippen LogP contribution in [0.2, 0.25) is 0 Å². The second-order valence-electron chi connectivity index (χ2n) is 5.70. The zero-order valence-electron chi connectivity index (χ0n) is 13.9. The minimum Gasteiger partial charge on any atom is -0.486 e. The number of ketones is 1. The average Bonchev–Trinajstić information content (AvgIpc) is 2.64. The van der Waals surface area contributed by atoms with Crippen LogP contribution in [-0.2, 0) is 11.0 Å². The number of hydrogen-bond acceptors (Lipinski definition) is 4. The van der Waals surface area contributed by atoms with Gasteiger partial charge in [-0.1, -0.05) is 12.6 Å². The molecule has 1 aliphatic rings. The van der Waals surface area contributed by atoms with E-state index in [1.165, 1.54) is 24.3 Å². The van der Waals surface area contributed by atoms with E-state index in [1.54, 1.807) is 6.07 Å². The number of hydrogen-bond donors (Lipinski definition) is 1. The lowest BCUT2D eigenvalue weighted by Crippen LogP contribution is -2.46. The van der Waals surface area contributed by atoms with Gasteiger partial charge in [-0.25, -0.2) is 0 Å². The van der Waals surface area contributed by atoms with Crippen molar-refractivity contribution < 1.29 is 32.2 Å². The Morgan fingerprint density at radius 3 is 2.56 bits per heavy atom. The largest absolute Gasteiger partial charge is 0.486 e. The standard InChI is InChI=1S/C19H14F3NO4/c1-2-16(24)23-14-10-26-18-13(17(14)25)4-3-5-15(18)27-12-8-6-11(7-9-12)19(20,21)22/h2-9,14H,1,10H2,(H,23,24). The summed E-state index contributed by atoms with van der Waals surface area (Å²) >= 11 is 0. The molecule has 140 valence electrons. The number of carbonyl (C=O) groups excluding carboxylic acids is 2. The molecule has 8 heteroatoms. The molecule has 2 aromatic carbocycles. The highest BCUT2D eigenvalue weighted by molar-refractivity contribution is 6.06. The Balaban J connectivity index is 1.83. The number of carbonyl (C=O) groups is 2. The molecule has 1 amide bonds. The fourth-order valence-electron chi connectivity index (χ4n) is 2.55. The number of rotatable bonds is 4. The molecule has 2 aromatic rings. The average molecular weight is 377 g/mol. The number of fused-ring (bicyclic) bond motifs is 1. The van der Waals surface area contributed by atoms with E-state index in [1.807, 2.05) is 0 Å². The number of benzene rings is 2. The lowest BCUT2D eigenvalue weighted by Gasteiger charge is -2.26. The van der Waals surface area contributed by atoms with Crippen LogP contribution in [-0.4, -0.2) is 24.3 Å². The molecule has 27 heavy (non-hydrogen) atoms. The Morgan fingerprint density at radius 1 is 1.22 bits per heavy atom. The summed E-state index contributed by atoms with van der Waals surface area (Å²) in [5, 5.41) is 2.47. The molecule has 0 bridgehead atoms. The van der Waals surface area contributed by atoms with Crippen LogP contribution in [0.15, 0.2) is 55.1 Å². The number of alkyl halides is 3. The summed E-state index contributed by atoms with van der Waals surface area (Å²) in [5.74, 6) is -0.336. The van der Waals surface area contributed by atoms with Crippen LogP contribution in [0.1, 0.15) is 15.9 Å². The third-order valence-electron chi connectivity index (χ3n) is 3.87. The van der Waals surface area contributed by atoms with E-state index in [2.05, 4.69) is 11.9 Å². The molecule has 1 N–H and O–H groups in total. The number of nitrogens with one attached hydrogen (secondary N) is 1. The molecule has 5 nitrogen and oxygen atoms in total. The molecular weight excluding hydrogens is 363 g/mol. The van der Waals surface area contributed by atoms with E-state index in [0.29, 0.717) is 0 Å². The van der Waals surface area contributed by atoms with Gasteiger partial charge in [-0.2, -0.15) is 13.2 Å². The summed E-state index contributed by atoms with van der Waals surface area (Å²) in [4.78, 5) is 23.9. The van der Waals surface area contributed by atoms with Crippen LogP contribution in [0.5, 0.6) is 17.2 Å². The third-order valence-corrected chi connectivity index (χ3v) is 3.87. The summed E-state index contributed by atoms with van der Waals surface area (Å²) < 4.78 is 49.0. The second kappa shape index (κ2) is 7.14. The maximum Gasteiger partial charge on any atom is 0.416 e. The maximum absolute atomic E-state index is 12.6. The number of ether oxygens (including phenoxy) is 2. The van der Waals surface area contributed by atoms with Crippen LogP contribution in [0.25, 0.3) is 0 Å². The van der Waals surface area contributed by atoms with Crippen LogP contribution >= 0.6 is 0 Å². The number of para-hydroxylation sites is 1. The first-order chi connectivity index (χ1) is 12.8. The number of Topliss-reactive ketones (excluding diaryl/α,β-unsaturated/α-hetero) is 1. The van der Waals surface area contributed by atoms with Gasteiger partial charge in [0.1, 0.15) is 18.4 Å². The van der Waals surface area contributed by atoms with Gasteiger partial charge in [0.25, 0.3) is 0 Å². The molecule has 3 rings (SSSR count). The van der Waals surface area contributed by atoms with E-state index in [4.69, 9.17) is 9.47 Å². The molecule has 1 aliphatic heterocycles. The van der Waals surface area contributed by atoms with Crippen LogP contribution in [0.4, 0.5) is 13.2 Å². The first-order valence-corrected chi connectivity index (χ1v) is 7.87. The predicted octanol–water partition coefficient (Wildman–Crippen LogP) is 3.74. The van der Waals surface area contributed by atoms with Crippen molar-refractivity contribution in [3.8, 4) is 17.2 Å². The zero-order valence-corrected chi connectivity index (χ0v) is 13.9. The van der Waals surface area contributed by atoms with Gasteiger partial charge in [0.05, 0.1) is 11.1 Å².